The molecule has 2 fully saturated rings. The fraction of sp³-hybridized carbons (Fsp3) is 0.233. The number of benzene rings is 2. The molecule has 4 heterocycles. The highest BCUT2D eigenvalue weighted by molar-refractivity contribution is 8.18. The molecule has 6 rings (SSSR count). The number of amides is 2. The number of carbonyl (C=O) groups is 2. The van der Waals surface area contributed by atoms with Crippen molar-refractivity contribution in [1.29, 1.82) is 0 Å². The maximum Gasteiger partial charge on any atom is 0.267 e. The number of thioether (sulfide) groups is 1. The first kappa shape index (κ1) is 26.0. The molecular weight excluding hydrogens is 528 g/mol. The number of fused-ring (bicyclic) bond motifs is 1. The van der Waals surface area contributed by atoms with Gasteiger partial charge in [0.25, 0.3) is 5.91 Å². The molecule has 9 nitrogen and oxygen atoms in total. The van der Waals surface area contributed by atoms with Crippen molar-refractivity contribution in [2.24, 2.45) is 4.99 Å². The average molecular weight is 557 g/mol. The van der Waals surface area contributed by atoms with Crippen LogP contribution in [0, 0.1) is 0 Å². The number of ether oxygens (including phenoxy) is 2. The zero-order valence-corrected chi connectivity index (χ0v) is 22.8. The molecule has 0 radical (unpaired) electrons. The van der Waals surface area contributed by atoms with Crippen molar-refractivity contribution in [2.45, 2.75) is 13.1 Å². The molecule has 40 heavy (non-hydrogen) atoms. The molecule has 0 N–H and O–H groups in total. The standard InChI is InChI=1S/C30H28N4O5S/c1-37-23-10-8-22(9-11-23)31-30-34(19-24-5-4-14-39-24)29(36)27(40-30)17-21-18-33(26-7-3-2-6-25(21)26)20-28(35)32-12-15-38-16-13-32/h2-11,14,17-18H,12-13,15-16,19-20H2,1H3/b27-17-,31-30?. The van der Waals surface area contributed by atoms with Crippen molar-refractivity contribution in [2.75, 3.05) is 33.4 Å². The number of methoxy groups -OCH3 is 1. The molecule has 0 spiro atoms. The SMILES string of the molecule is COc1ccc(N=C2S/C(=C\c3cn(CC(=O)N4CCOCC4)c4ccccc34)C(=O)N2Cc2ccco2)cc1. The molecule has 2 saturated heterocycles. The lowest BCUT2D eigenvalue weighted by atomic mass is 10.1. The van der Waals surface area contributed by atoms with Crippen LogP contribution in [0.1, 0.15) is 11.3 Å². The summed E-state index contributed by atoms with van der Waals surface area (Å²) in [4.78, 5) is 35.5. The van der Waals surface area contributed by atoms with Crippen LogP contribution in [-0.4, -0.2) is 64.8 Å². The van der Waals surface area contributed by atoms with E-state index in [4.69, 9.17) is 18.9 Å². The highest BCUT2D eigenvalue weighted by atomic mass is 32.2. The van der Waals surface area contributed by atoms with Crippen LogP contribution in [0.5, 0.6) is 5.75 Å². The van der Waals surface area contributed by atoms with E-state index in [-0.39, 0.29) is 24.9 Å². The van der Waals surface area contributed by atoms with Gasteiger partial charge in [-0.25, -0.2) is 4.99 Å². The number of para-hydroxylation sites is 1. The average Bonchev–Trinajstić information content (AvgIpc) is 3.70. The van der Waals surface area contributed by atoms with Gasteiger partial charge in [0.1, 0.15) is 18.1 Å². The van der Waals surface area contributed by atoms with Crippen LogP contribution in [0.4, 0.5) is 5.69 Å². The summed E-state index contributed by atoms with van der Waals surface area (Å²) in [5.74, 6) is 1.29. The Bertz CT molecular complexity index is 1580. The lowest BCUT2D eigenvalue weighted by Crippen LogP contribution is -2.42. The minimum Gasteiger partial charge on any atom is -0.497 e. The van der Waals surface area contributed by atoms with E-state index in [1.807, 2.05) is 76.3 Å². The smallest absolute Gasteiger partial charge is 0.267 e. The van der Waals surface area contributed by atoms with Crippen LogP contribution in [0.15, 0.2) is 87.4 Å². The molecule has 0 atom stereocenters. The third kappa shape index (κ3) is 5.41. The Morgan fingerprint density at radius 3 is 2.62 bits per heavy atom. The molecule has 2 aliphatic heterocycles. The number of hydrogen-bond donors (Lipinski definition) is 0. The number of carbonyl (C=O) groups excluding carboxylic acids is 2. The van der Waals surface area contributed by atoms with Crippen molar-refractivity contribution < 1.29 is 23.5 Å². The molecule has 2 aromatic carbocycles. The van der Waals surface area contributed by atoms with Crippen molar-refractivity contribution in [3.63, 3.8) is 0 Å². The first-order valence-electron chi connectivity index (χ1n) is 13.0. The lowest BCUT2D eigenvalue weighted by molar-refractivity contribution is -0.135. The van der Waals surface area contributed by atoms with Gasteiger partial charge in [-0.2, -0.15) is 0 Å². The summed E-state index contributed by atoms with van der Waals surface area (Å²) in [6, 6.07) is 18.9. The van der Waals surface area contributed by atoms with Gasteiger partial charge in [-0.3, -0.25) is 14.5 Å². The summed E-state index contributed by atoms with van der Waals surface area (Å²) in [7, 11) is 1.62. The number of amidine groups is 1. The van der Waals surface area contributed by atoms with Gasteiger partial charge in [0.2, 0.25) is 5.91 Å². The highest BCUT2D eigenvalue weighted by Crippen LogP contribution is 2.37. The summed E-state index contributed by atoms with van der Waals surface area (Å²) in [6.07, 6.45) is 5.42. The van der Waals surface area contributed by atoms with E-state index in [1.54, 1.807) is 24.3 Å². The summed E-state index contributed by atoms with van der Waals surface area (Å²) in [6.45, 7) is 2.80. The summed E-state index contributed by atoms with van der Waals surface area (Å²) < 4.78 is 18.1. The number of hydrogen-bond acceptors (Lipinski definition) is 7. The first-order valence-corrected chi connectivity index (χ1v) is 13.8. The van der Waals surface area contributed by atoms with Crippen LogP contribution in [0.25, 0.3) is 17.0 Å². The predicted octanol–water partition coefficient (Wildman–Crippen LogP) is 4.91. The van der Waals surface area contributed by atoms with E-state index in [1.165, 1.54) is 11.8 Å². The van der Waals surface area contributed by atoms with Crippen molar-refractivity contribution in [1.82, 2.24) is 14.4 Å². The van der Waals surface area contributed by atoms with E-state index in [2.05, 4.69) is 0 Å². The molecule has 0 aliphatic carbocycles. The van der Waals surface area contributed by atoms with Gasteiger partial charge in [-0.1, -0.05) is 18.2 Å². The number of morpholine rings is 1. The summed E-state index contributed by atoms with van der Waals surface area (Å²) in [5.41, 5.74) is 2.51. The van der Waals surface area contributed by atoms with E-state index in [9.17, 15) is 9.59 Å². The Labute approximate surface area is 235 Å². The van der Waals surface area contributed by atoms with Gasteiger partial charge in [0.15, 0.2) is 5.17 Å². The molecule has 10 heteroatoms. The molecule has 0 unspecified atom stereocenters. The molecule has 0 bridgehead atoms. The third-order valence-electron chi connectivity index (χ3n) is 6.85. The number of nitrogens with zero attached hydrogens (tertiary/aromatic N) is 4. The van der Waals surface area contributed by atoms with Gasteiger partial charge in [0.05, 0.1) is 43.7 Å². The van der Waals surface area contributed by atoms with Crippen LogP contribution in [0.3, 0.4) is 0 Å². The molecule has 204 valence electrons. The van der Waals surface area contributed by atoms with Gasteiger partial charge in [0, 0.05) is 35.8 Å². The Kier molecular flexibility index (Phi) is 7.43. The van der Waals surface area contributed by atoms with E-state index >= 15 is 0 Å². The molecule has 4 aromatic rings. The Morgan fingerprint density at radius 1 is 1.07 bits per heavy atom. The maximum atomic E-state index is 13.7. The fourth-order valence-electron chi connectivity index (χ4n) is 4.78. The second-order valence-corrected chi connectivity index (χ2v) is 10.4. The Morgan fingerprint density at radius 2 is 1.88 bits per heavy atom. The molecule has 2 aromatic heterocycles. The third-order valence-corrected chi connectivity index (χ3v) is 7.86. The minimum atomic E-state index is -0.158. The van der Waals surface area contributed by atoms with Gasteiger partial charge < -0.3 is 23.4 Å². The number of furan rings is 1. The number of rotatable bonds is 7. The van der Waals surface area contributed by atoms with Gasteiger partial charge >= 0.3 is 0 Å². The number of aliphatic imine (C=N–C) groups is 1. The Hall–Kier alpha value is -4.28. The van der Waals surface area contributed by atoms with Crippen molar-refractivity contribution in [3.8, 4) is 5.75 Å². The Balaban J connectivity index is 1.33. The maximum absolute atomic E-state index is 13.7. The second kappa shape index (κ2) is 11.4. The summed E-state index contributed by atoms with van der Waals surface area (Å²) in [5, 5.41) is 1.53. The van der Waals surface area contributed by atoms with E-state index < -0.39 is 0 Å². The largest absolute Gasteiger partial charge is 0.497 e. The van der Waals surface area contributed by atoms with Crippen LogP contribution >= 0.6 is 11.8 Å². The van der Waals surface area contributed by atoms with Gasteiger partial charge in [-0.05, 0) is 60.3 Å². The lowest BCUT2D eigenvalue weighted by Gasteiger charge is -2.27. The van der Waals surface area contributed by atoms with Crippen LogP contribution in [0.2, 0.25) is 0 Å². The second-order valence-electron chi connectivity index (χ2n) is 9.40. The van der Waals surface area contributed by atoms with E-state index in [0.717, 1.165) is 22.2 Å². The predicted molar refractivity (Wildman–Crippen MR) is 154 cm³/mol. The zero-order chi connectivity index (χ0) is 27.5. The molecule has 2 amide bonds. The molecular formula is C30H28N4O5S. The van der Waals surface area contributed by atoms with Crippen molar-refractivity contribution in [3.05, 3.63) is 89.4 Å². The zero-order valence-electron chi connectivity index (χ0n) is 22.0. The first-order chi connectivity index (χ1) is 19.6. The van der Waals surface area contributed by atoms with E-state index in [0.29, 0.717) is 47.8 Å². The monoisotopic (exact) mass is 556 g/mol. The van der Waals surface area contributed by atoms with Crippen LogP contribution in [-0.2, 0) is 27.4 Å². The molecule has 0 saturated carbocycles. The topological polar surface area (TPSA) is 89.5 Å². The minimum absolute atomic E-state index is 0.0492. The molecule has 2 aliphatic rings. The van der Waals surface area contributed by atoms with Crippen LogP contribution < -0.4 is 4.74 Å². The number of aromatic nitrogens is 1. The normalized spacial score (nSPS) is 17.9. The summed E-state index contributed by atoms with van der Waals surface area (Å²) >= 11 is 1.32. The van der Waals surface area contributed by atoms with Crippen molar-refractivity contribution >= 4 is 51.4 Å². The highest BCUT2D eigenvalue weighted by Gasteiger charge is 2.34. The van der Waals surface area contributed by atoms with Gasteiger partial charge in [-0.15, -0.1) is 0 Å². The quantitative estimate of drug-likeness (QED) is 0.301. The fourth-order valence-corrected chi connectivity index (χ4v) is 5.77.